The average molecular weight is 264 g/mol. The van der Waals surface area contributed by atoms with Crippen LogP contribution in [0.5, 0.6) is 0 Å². The number of rotatable bonds is 9. The summed E-state index contributed by atoms with van der Waals surface area (Å²) in [6, 6.07) is 0. The van der Waals surface area contributed by atoms with Crippen LogP contribution in [-0.2, 0) is 4.79 Å². The largest absolute Gasteiger partial charge is 0.550 e. The molecule has 0 bridgehead atoms. The molecule has 0 aliphatic heterocycles. The van der Waals surface area contributed by atoms with Gasteiger partial charge in [-0.1, -0.05) is 55.0 Å². The van der Waals surface area contributed by atoms with Crippen LogP contribution in [0.1, 0.15) is 58.3 Å². The van der Waals surface area contributed by atoms with E-state index >= 15 is 0 Å². The highest BCUT2D eigenvalue weighted by Gasteiger charge is 1.95. The Morgan fingerprint density at radius 2 is 1.64 bits per heavy atom. The van der Waals surface area contributed by atoms with Crippen LogP contribution in [0, 0.1) is 0 Å². The molecule has 0 saturated carbocycles. The number of halogens is 1. The van der Waals surface area contributed by atoms with E-state index in [2.05, 4.69) is 22.9 Å². The number of hydrogen-bond donors (Lipinski definition) is 0. The molecule has 0 aromatic rings. The van der Waals surface area contributed by atoms with Crippen molar-refractivity contribution in [1.29, 1.82) is 0 Å². The predicted octanol–water partition coefficient (Wildman–Crippen LogP) is 2.64. The van der Waals surface area contributed by atoms with Gasteiger partial charge in [-0.05, 0) is 19.3 Å². The monoisotopic (exact) mass is 263 g/mol. The number of aliphatic carboxylic acids is 1. The Balaban J connectivity index is 2.96. The van der Waals surface area contributed by atoms with Crippen molar-refractivity contribution < 1.29 is 9.90 Å². The van der Waals surface area contributed by atoms with Gasteiger partial charge in [0.1, 0.15) is 0 Å². The summed E-state index contributed by atoms with van der Waals surface area (Å²) < 4.78 is 0. The zero-order valence-corrected chi connectivity index (χ0v) is 10.5. The summed E-state index contributed by atoms with van der Waals surface area (Å²) in [5.74, 6) is -0.918. The molecule has 0 amide bonds. The predicted molar refractivity (Wildman–Crippen MR) is 60.3 cm³/mol. The Morgan fingerprint density at radius 1 is 1.14 bits per heavy atom. The molecule has 0 aromatic heterocycles. The molecule has 0 aliphatic rings. The molecule has 0 saturated heterocycles. The van der Waals surface area contributed by atoms with Gasteiger partial charge in [-0.15, -0.1) is 0 Å². The summed E-state index contributed by atoms with van der Waals surface area (Å²) in [5, 5.41) is 10.1. The van der Waals surface area contributed by atoms with Gasteiger partial charge in [0.25, 0.3) is 0 Å². The summed E-state index contributed by atoms with van der Waals surface area (Å²) in [6.07, 6.45) is 8.18. The van der Waals surface area contributed by atoms with E-state index in [1.807, 2.05) is 0 Å². The molecule has 0 unspecified atom stereocenters. The van der Waals surface area contributed by atoms with E-state index in [4.69, 9.17) is 0 Å². The number of carbonyl (C=O) groups is 1. The van der Waals surface area contributed by atoms with Crippen LogP contribution in [0.15, 0.2) is 0 Å². The van der Waals surface area contributed by atoms with Crippen molar-refractivity contribution in [2.45, 2.75) is 63.1 Å². The first-order valence-corrected chi connectivity index (χ1v) is 6.38. The molecule has 0 aliphatic carbocycles. The highest BCUT2D eigenvalue weighted by atomic mass is 79.9. The maximum atomic E-state index is 10.1. The molecule has 0 fully saturated rings. The molecule has 0 N–H and O–H groups in total. The lowest BCUT2D eigenvalue weighted by atomic mass is 10.1. The van der Waals surface area contributed by atoms with Crippen molar-refractivity contribution >= 4 is 21.9 Å². The Morgan fingerprint density at radius 3 is 2.14 bits per heavy atom. The molecule has 0 radical (unpaired) electrons. The molecule has 0 spiro atoms. The second-order valence-electron chi connectivity index (χ2n) is 3.81. The Hall–Kier alpha value is -0.0500. The van der Waals surface area contributed by atoms with Crippen molar-refractivity contribution in [1.82, 2.24) is 0 Å². The lowest BCUT2D eigenvalue weighted by Gasteiger charge is -2.04. The van der Waals surface area contributed by atoms with E-state index < -0.39 is 5.97 Å². The van der Waals surface area contributed by atoms with Crippen LogP contribution in [0.4, 0.5) is 0 Å². The first-order chi connectivity index (χ1) is 6.63. The van der Waals surface area contributed by atoms with Crippen LogP contribution < -0.4 is 5.11 Å². The van der Waals surface area contributed by atoms with Crippen LogP contribution in [0.25, 0.3) is 0 Å². The van der Waals surface area contributed by atoms with Crippen LogP contribution in [-0.4, -0.2) is 10.8 Å². The zero-order valence-electron chi connectivity index (χ0n) is 8.93. The van der Waals surface area contributed by atoms with E-state index in [0.29, 0.717) is 4.83 Å². The molecule has 1 atom stereocenters. The second kappa shape index (κ2) is 9.50. The topological polar surface area (TPSA) is 40.1 Å². The average Bonchev–Trinajstić information content (AvgIpc) is 2.08. The van der Waals surface area contributed by atoms with E-state index in [1.54, 1.807) is 0 Å². The first-order valence-electron chi connectivity index (χ1n) is 5.47. The minimum absolute atomic E-state index is 0.221. The SMILES string of the molecule is C[C@H](Br)CCCCCCCCC(=O)[O-]. The van der Waals surface area contributed by atoms with E-state index in [9.17, 15) is 9.90 Å². The third-order valence-corrected chi connectivity index (χ3v) is 2.69. The van der Waals surface area contributed by atoms with Gasteiger partial charge in [0.2, 0.25) is 0 Å². The van der Waals surface area contributed by atoms with Gasteiger partial charge in [0, 0.05) is 10.8 Å². The maximum absolute atomic E-state index is 10.1. The van der Waals surface area contributed by atoms with Crippen LogP contribution >= 0.6 is 15.9 Å². The molecule has 0 rings (SSSR count). The number of carbonyl (C=O) groups excluding carboxylic acids is 1. The van der Waals surface area contributed by atoms with Crippen LogP contribution in [0.2, 0.25) is 0 Å². The maximum Gasteiger partial charge on any atom is 0.0414 e. The molecule has 14 heavy (non-hydrogen) atoms. The fourth-order valence-corrected chi connectivity index (χ4v) is 1.73. The van der Waals surface area contributed by atoms with Gasteiger partial charge in [0.15, 0.2) is 0 Å². The standard InChI is InChI=1S/C11H21BrO2/c1-10(12)8-6-4-2-3-5-7-9-11(13)14/h10H,2-9H2,1H3,(H,13,14)/p-1/t10-/m0/s1. The number of hydrogen-bond acceptors (Lipinski definition) is 2. The third-order valence-electron chi connectivity index (χ3n) is 2.23. The quantitative estimate of drug-likeness (QED) is 0.474. The molecular weight excluding hydrogens is 244 g/mol. The van der Waals surface area contributed by atoms with Gasteiger partial charge in [0.05, 0.1) is 0 Å². The molecule has 84 valence electrons. The van der Waals surface area contributed by atoms with Crippen molar-refractivity contribution in [3.63, 3.8) is 0 Å². The normalized spacial score (nSPS) is 12.7. The molecule has 2 nitrogen and oxygen atoms in total. The van der Waals surface area contributed by atoms with E-state index in [-0.39, 0.29) is 6.42 Å². The Bertz CT molecular complexity index is 146. The van der Waals surface area contributed by atoms with Crippen molar-refractivity contribution in [3.8, 4) is 0 Å². The number of carboxylic acids is 1. The first kappa shape index (κ1) is 13.9. The molecule has 0 heterocycles. The van der Waals surface area contributed by atoms with Crippen LogP contribution in [0.3, 0.4) is 0 Å². The zero-order chi connectivity index (χ0) is 10.8. The van der Waals surface area contributed by atoms with E-state index in [1.165, 1.54) is 25.7 Å². The minimum Gasteiger partial charge on any atom is -0.550 e. The summed E-state index contributed by atoms with van der Waals surface area (Å²) in [6.45, 7) is 2.17. The lowest BCUT2D eigenvalue weighted by Crippen LogP contribution is -2.21. The Kier molecular flexibility index (Phi) is 9.47. The smallest absolute Gasteiger partial charge is 0.0414 e. The highest BCUT2D eigenvalue weighted by Crippen LogP contribution is 2.12. The summed E-state index contributed by atoms with van der Waals surface area (Å²) in [7, 11) is 0. The van der Waals surface area contributed by atoms with Gasteiger partial charge < -0.3 is 9.90 Å². The minimum atomic E-state index is -0.918. The van der Waals surface area contributed by atoms with Crippen molar-refractivity contribution in [2.24, 2.45) is 0 Å². The van der Waals surface area contributed by atoms with Gasteiger partial charge >= 0.3 is 0 Å². The number of unbranched alkanes of at least 4 members (excludes halogenated alkanes) is 5. The second-order valence-corrected chi connectivity index (χ2v) is 5.38. The van der Waals surface area contributed by atoms with Gasteiger partial charge in [-0.25, -0.2) is 0 Å². The fraction of sp³-hybridized carbons (Fsp3) is 0.909. The Labute approximate surface area is 95.2 Å². The van der Waals surface area contributed by atoms with Gasteiger partial charge in [-0.2, -0.15) is 0 Å². The third kappa shape index (κ3) is 11.9. The molecular formula is C11H20BrO2-. The van der Waals surface area contributed by atoms with Gasteiger partial charge in [-0.3, -0.25) is 0 Å². The van der Waals surface area contributed by atoms with Crippen molar-refractivity contribution in [2.75, 3.05) is 0 Å². The molecule has 0 aromatic carbocycles. The highest BCUT2D eigenvalue weighted by molar-refractivity contribution is 9.09. The van der Waals surface area contributed by atoms with Crippen molar-refractivity contribution in [3.05, 3.63) is 0 Å². The summed E-state index contributed by atoms with van der Waals surface area (Å²) in [5.41, 5.74) is 0. The lowest BCUT2D eigenvalue weighted by molar-refractivity contribution is -0.305. The summed E-state index contributed by atoms with van der Waals surface area (Å²) >= 11 is 3.51. The molecule has 3 heteroatoms. The fourth-order valence-electron chi connectivity index (χ4n) is 1.40. The number of carboxylic acid groups (broad SMARTS) is 1. The van der Waals surface area contributed by atoms with E-state index in [0.717, 1.165) is 19.3 Å². The number of alkyl halides is 1. The summed E-state index contributed by atoms with van der Waals surface area (Å²) in [4.78, 5) is 10.7.